The van der Waals surface area contributed by atoms with Gasteiger partial charge in [0.2, 0.25) is 0 Å². The van der Waals surface area contributed by atoms with Gasteiger partial charge < -0.3 is 14.8 Å². The Hall–Kier alpha value is -2.94. The summed E-state index contributed by atoms with van der Waals surface area (Å²) in [6, 6.07) is 9.83. The molecule has 0 unspecified atom stereocenters. The van der Waals surface area contributed by atoms with Crippen molar-refractivity contribution < 1.29 is 23.0 Å². The van der Waals surface area contributed by atoms with E-state index in [1.54, 1.807) is 11.3 Å². The number of nitrogens with zero attached hydrogens (tertiary/aromatic N) is 1. The van der Waals surface area contributed by atoms with E-state index >= 15 is 0 Å². The van der Waals surface area contributed by atoms with Crippen LogP contribution in [-0.4, -0.2) is 22.4 Å². The topological polar surface area (TPSA) is 76.2 Å². The van der Waals surface area contributed by atoms with Gasteiger partial charge in [-0.15, -0.1) is 20.1 Å². The fraction of sp³-hybridized carbons (Fsp3) is 0.125. The Morgan fingerprint density at radius 3 is 2.96 bits per heavy atom. The van der Waals surface area contributed by atoms with Crippen molar-refractivity contribution in [1.82, 2.24) is 15.5 Å². The minimum absolute atomic E-state index is 0.0207. The van der Waals surface area contributed by atoms with Crippen LogP contribution in [0.4, 0.5) is 8.78 Å². The quantitative estimate of drug-likeness (QED) is 0.745. The number of benzene rings is 1. The number of ether oxygens (including phenoxy) is 2. The summed E-state index contributed by atoms with van der Waals surface area (Å²) in [6.07, 6.45) is -3.77. The fourth-order valence-corrected chi connectivity index (χ4v) is 3.11. The van der Waals surface area contributed by atoms with E-state index in [2.05, 4.69) is 25.0 Å². The van der Waals surface area contributed by atoms with Crippen molar-refractivity contribution in [3.8, 4) is 22.1 Å². The number of carbonyl (C=O) groups is 1. The second kappa shape index (κ2) is 5.85. The number of hydrogen-bond acceptors (Lipinski definition) is 5. The van der Waals surface area contributed by atoms with Gasteiger partial charge >= 0.3 is 6.29 Å². The molecule has 2 N–H and O–H groups in total. The molecule has 128 valence electrons. The van der Waals surface area contributed by atoms with Gasteiger partial charge in [0.05, 0.1) is 22.7 Å². The summed E-state index contributed by atoms with van der Waals surface area (Å²) < 4.78 is 35.1. The van der Waals surface area contributed by atoms with Gasteiger partial charge in [0.25, 0.3) is 5.91 Å². The lowest BCUT2D eigenvalue weighted by atomic mass is 10.1. The number of fused-ring (bicyclic) bond motifs is 1. The van der Waals surface area contributed by atoms with E-state index in [9.17, 15) is 13.6 Å². The van der Waals surface area contributed by atoms with Gasteiger partial charge in [-0.25, -0.2) is 0 Å². The molecule has 0 saturated carbocycles. The highest BCUT2D eigenvalue weighted by Crippen LogP contribution is 2.43. The number of hydrogen-bond donors (Lipinski definition) is 2. The van der Waals surface area contributed by atoms with Gasteiger partial charge in [-0.1, -0.05) is 12.1 Å². The molecule has 1 aliphatic heterocycles. The SMILES string of the molecule is O=C(NCc1cc(-c2cccs2)n[nH]1)c1cccc2c1OC(F)(F)O2. The maximum atomic E-state index is 13.2. The summed E-state index contributed by atoms with van der Waals surface area (Å²) in [6.45, 7) is 0.165. The summed E-state index contributed by atoms with van der Waals surface area (Å²) in [5, 5.41) is 11.6. The zero-order valence-electron chi connectivity index (χ0n) is 12.6. The van der Waals surface area contributed by atoms with E-state index in [-0.39, 0.29) is 23.6 Å². The van der Waals surface area contributed by atoms with Crippen LogP contribution >= 0.6 is 11.3 Å². The van der Waals surface area contributed by atoms with Gasteiger partial charge in [0.15, 0.2) is 11.5 Å². The van der Waals surface area contributed by atoms with Crippen molar-refractivity contribution in [1.29, 1.82) is 0 Å². The van der Waals surface area contributed by atoms with Crippen LogP contribution in [0.1, 0.15) is 16.1 Å². The minimum atomic E-state index is -3.77. The predicted molar refractivity (Wildman–Crippen MR) is 85.7 cm³/mol. The molecule has 9 heteroatoms. The summed E-state index contributed by atoms with van der Waals surface area (Å²) in [5.74, 6) is -0.988. The first kappa shape index (κ1) is 15.6. The molecule has 25 heavy (non-hydrogen) atoms. The van der Waals surface area contributed by atoms with Crippen molar-refractivity contribution in [2.75, 3.05) is 0 Å². The highest BCUT2D eigenvalue weighted by atomic mass is 32.1. The van der Waals surface area contributed by atoms with Crippen molar-refractivity contribution in [3.63, 3.8) is 0 Å². The first-order valence-electron chi connectivity index (χ1n) is 7.27. The molecule has 3 aromatic rings. The lowest BCUT2D eigenvalue weighted by Gasteiger charge is -2.07. The maximum Gasteiger partial charge on any atom is 0.586 e. The van der Waals surface area contributed by atoms with Crippen LogP contribution in [0, 0.1) is 0 Å². The number of H-pyrrole nitrogens is 1. The van der Waals surface area contributed by atoms with E-state index in [1.807, 2.05) is 23.6 Å². The van der Waals surface area contributed by atoms with Crippen LogP contribution in [0.3, 0.4) is 0 Å². The van der Waals surface area contributed by atoms with Crippen LogP contribution in [-0.2, 0) is 6.54 Å². The third-order valence-electron chi connectivity index (χ3n) is 3.52. The molecule has 4 rings (SSSR count). The van der Waals surface area contributed by atoms with Crippen LogP contribution < -0.4 is 14.8 Å². The van der Waals surface area contributed by atoms with Crippen molar-refractivity contribution in [3.05, 3.63) is 53.0 Å². The molecule has 3 heterocycles. The molecule has 0 saturated heterocycles. The summed E-state index contributed by atoms with van der Waals surface area (Å²) >= 11 is 1.55. The monoisotopic (exact) mass is 363 g/mol. The molecule has 1 aliphatic rings. The second-order valence-electron chi connectivity index (χ2n) is 5.24. The molecule has 0 aliphatic carbocycles. The van der Waals surface area contributed by atoms with E-state index < -0.39 is 12.2 Å². The highest BCUT2D eigenvalue weighted by molar-refractivity contribution is 7.13. The van der Waals surface area contributed by atoms with E-state index in [1.165, 1.54) is 18.2 Å². The molecule has 0 atom stereocenters. The molecule has 0 fully saturated rings. The number of halogens is 2. The molecule has 6 nitrogen and oxygen atoms in total. The Labute approximate surface area is 144 Å². The predicted octanol–water partition coefficient (Wildman–Crippen LogP) is 3.39. The molecule has 1 amide bonds. The van der Waals surface area contributed by atoms with Gasteiger partial charge in [-0.3, -0.25) is 9.89 Å². The zero-order valence-corrected chi connectivity index (χ0v) is 13.4. The van der Waals surface area contributed by atoms with Crippen LogP contribution in [0.15, 0.2) is 41.8 Å². The highest BCUT2D eigenvalue weighted by Gasteiger charge is 2.45. The Morgan fingerprint density at radius 2 is 2.16 bits per heavy atom. The lowest BCUT2D eigenvalue weighted by molar-refractivity contribution is -0.286. The Kier molecular flexibility index (Phi) is 3.65. The average Bonchev–Trinajstić information content (AvgIpc) is 3.29. The number of thiophene rings is 1. The maximum absolute atomic E-state index is 13.2. The minimum Gasteiger partial charge on any atom is -0.395 e. The van der Waals surface area contributed by atoms with E-state index in [0.29, 0.717) is 5.69 Å². The van der Waals surface area contributed by atoms with Crippen molar-refractivity contribution in [2.24, 2.45) is 0 Å². The van der Waals surface area contributed by atoms with E-state index in [0.717, 1.165) is 10.6 Å². The van der Waals surface area contributed by atoms with Crippen molar-refractivity contribution in [2.45, 2.75) is 12.8 Å². The standard InChI is InChI=1S/C16H11F2N3O3S/c17-16(18)23-12-4-1-3-10(14(12)24-16)15(22)19-8-9-7-11(21-20-9)13-5-2-6-25-13/h1-7H,8H2,(H,19,22)(H,20,21). The fourth-order valence-electron chi connectivity index (χ4n) is 2.42. The Bertz CT molecular complexity index is 925. The molecular weight excluding hydrogens is 352 g/mol. The molecule has 2 aromatic heterocycles. The smallest absolute Gasteiger partial charge is 0.395 e. The number of amides is 1. The van der Waals surface area contributed by atoms with Gasteiger partial charge in [-0.2, -0.15) is 5.10 Å². The number of aromatic amines is 1. The second-order valence-corrected chi connectivity index (χ2v) is 6.19. The molecule has 0 bridgehead atoms. The van der Waals surface area contributed by atoms with Crippen LogP contribution in [0.2, 0.25) is 0 Å². The Balaban J connectivity index is 1.47. The molecule has 0 spiro atoms. The van der Waals surface area contributed by atoms with Crippen LogP contribution in [0.25, 0.3) is 10.6 Å². The third kappa shape index (κ3) is 3.05. The third-order valence-corrected chi connectivity index (χ3v) is 4.41. The molecule has 1 aromatic carbocycles. The lowest BCUT2D eigenvalue weighted by Crippen LogP contribution is -2.27. The summed E-state index contributed by atoms with van der Waals surface area (Å²) in [7, 11) is 0. The first-order valence-corrected chi connectivity index (χ1v) is 8.15. The number of para-hydroxylation sites is 1. The van der Waals surface area contributed by atoms with Crippen LogP contribution in [0.5, 0.6) is 11.5 Å². The first-order chi connectivity index (χ1) is 12.0. The number of nitrogens with one attached hydrogen (secondary N) is 2. The largest absolute Gasteiger partial charge is 0.586 e. The number of aromatic nitrogens is 2. The Morgan fingerprint density at radius 1 is 1.28 bits per heavy atom. The summed E-state index contributed by atoms with van der Waals surface area (Å²) in [5.41, 5.74) is 1.44. The van der Waals surface area contributed by atoms with E-state index in [4.69, 9.17) is 0 Å². The number of carbonyl (C=O) groups excluding carboxylic acids is 1. The zero-order chi connectivity index (χ0) is 17.4. The molecule has 0 radical (unpaired) electrons. The average molecular weight is 363 g/mol. The van der Waals surface area contributed by atoms with Gasteiger partial charge in [0.1, 0.15) is 5.69 Å². The van der Waals surface area contributed by atoms with Crippen molar-refractivity contribution >= 4 is 17.2 Å². The normalized spacial score (nSPS) is 14.5. The molecular formula is C16H11F2N3O3S. The summed E-state index contributed by atoms with van der Waals surface area (Å²) in [4.78, 5) is 13.3. The van der Waals surface area contributed by atoms with Gasteiger partial charge in [0, 0.05) is 0 Å². The number of rotatable bonds is 4. The van der Waals surface area contributed by atoms with Gasteiger partial charge in [-0.05, 0) is 29.6 Å². The number of alkyl halides is 2.